The molecule has 3 rings (SSSR count). The Bertz CT molecular complexity index is 568. The number of nitrogens with zero attached hydrogens (tertiary/aromatic N) is 2. The molecular weight excluding hydrogens is 234 g/mol. The van der Waals surface area contributed by atoms with E-state index in [1.54, 1.807) is 0 Å². The number of aryl methyl sites for hydroxylation is 2. The number of nitrogens with two attached hydrogens (primary N) is 1. The first-order chi connectivity index (χ1) is 9.19. The van der Waals surface area contributed by atoms with Crippen LogP contribution in [0.1, 0.15) is 37.7 Å². The Kier molecular flexibility index (Phi) is 3.15. The summed E-state index contributed by atoms with van der Waals surface area (Å²) in [5.41, 5.74) is 9.76. The van der Waals surface area contributed by atoms with Crippen LogP contribution in [-0.4, -0.2) is 15.6 Å². The highest BCUT2D eigenvalue weighted by Crippen LogP contribution is 2.27. The van der Waals surface area contributed by atoms with Crippen molar-refractivity contribution < 1.29 is 0 Å². The number of benzene rings is 1. The molecule has 0 radical (unpaired) electrons. The van der Waals surface area contributed by atoms with Gasteiger partial charge in [-0.15, -0.1) is 0 Å². The number of hydrogen-bond donors (Lipinski definition) is 1. The molecule has 0 saturated heterocycles. The van der Waals surface area contributed by atoms with E-state index < -0.39 is 0 Å². The van der Waals surface area contributed by atoms with Crippen molar-refractivity contribution in [1.82, 2.24) is 9.55 Å². The van der Waals surface area contributed by atoms with Crippen molar-refractivity contribution in [3.63, 3.8) is 0 Å². The molecule has 2 aromatic rings. The molecule has 100 valence electrons. The molecule has 1 aromatic heterocycles. The Morgan fingerprint density at radius 1 is 1.32 bits per heavy atom. The molecule has 0 bridgehead atoms. The van der Waals surface area contributed by atoms with Crippen molar-refractivity contribution in [3.8, 4) is 11.3 Å². The maximum atomic E-state index is 6.13. The predicted octanol–water partition coefficient (Wildman–Crippen LogP) is 2.95. The first kappa shape index (κ1) is 12.4. The first-order valence-corrected chi connectivity index (χ1v) is 7.11. The second-order valence-corrected chi connectivity index (χ2v) is 5.44. The van der Waals surface area contributed by atoms with Gasteiger partial charge in [0.05, 0.1) is 5.69 Å². The minimum absolute atomic E-state index is 0.247. The quantitative estimate of drug-likeness (QED) is 0.896. The average molecular weight is 255 g/mol. The summed E-state index contributed by atoms with van der Waals surface area (Å²) >= 11 is 0. The summed E-state index contributed by atoms with van der Waals surface area (Å²) in [4.78, 5) is 4.77. The molecule has 0 fully saturated rings. The third-order valence-corrected chi connectivity index (χ3v) is 4.23. The first-order valence-electron chi connectivity index (χ1n) is 7.11. The monoisotopic (exact) mass is 255 g/mol. The zero-order valence-electron chi connectivity index (χ0n) is 11.6. The lowest BCUT2D eigenvalue weighted by Crippen LogP contribution is -2.35. The zero-order chi connectivity index (χ0) is 13.4. The maximum Gasteiger partial charge on any atom is 0.109 e. The Balaban J connectivity index is 1.96. The second kappa shape index (κ2) is 4.82. The van der Waals surface area contributed by atoms with Crippen LogP contribution in [0.15, 0.2) is 30.5 Å². The predicted molar refractivity (Wildman–Crippen MR) is 78.0 cm³/mol. The topological polar surface area (TPSA) is 43.8 Å². The summed E-state index contributed by atoms with van der Waals surface area (Å²) in [5, 5.41) is 0. The molecule has 1 aliphatic heterocycles. The van der Waals surface area contributed by atoms with E-state index >= 15 is 0 Å². The lowest BCUT2D eigenvalue weighted by Gasteiger charge is -2.27. The van der Waals surface area contributed by atoms with Gasteiger partial charge in [-0.05, 0) is 25.3 Å². The SMILES string of the molecule is CCc1ccc(-c2cn3c(n2)CCC(N)C3C)cc1. The fourth-order valence-corrected chi connectivity index (χ4v) is 2.76. The number of imidazole rings is 1. The summed E-state index contributed by atoms with van der Waals surface area (Å²) in [5.74, 6) is 1.17. The Morgan fingerprint density at radius 3 is 2.74 bits per heavy atom. The van der Waals surface area contributed by atoms with Crippen molar-refractivity contribution in [2.45, 2.75) is 45.2 Å². The molecule has 0 saturated carbocycles. The van der Waals surface area contributed by atoms with Crippen molar-refractivity contribution >= 4 is 0 Å². The molecule has 1 aromatic carbocycles. The van der Waals surface area contributed by atoms with Crippen LogP contribution in [0.2, 0.25) is 0 Å². The second-order valence-electron chi connectivity index (χ2n) is 5.44. The van der Waals surface area contributed by atoms with Gasteiger partial charge in [-0.3, -0.25) is 0 Å². The largest absolute Gasteiger partial charge is 0.330 e. The Morgan fingerprint density at radius 2 is 2.05 bits per heavy atom. The Labute approximate surface area is 114 Å². The third-order valence-electron chi connectivity index (χ3n) is 4.23. The van der Waals surface area contributed by atoms with Gasteiger partial charge in [0.1, 0.15) is 5.82 Å². The average Bonchev–Trinajstić information content (AvgIpc) is 2.88. The van der Waals surface area contributed by atoms with Crippen LogP contribution >= 0.6 is 0 Å². The summed E-state index contributed by atoms with van der Waals surface area (Å²) in [6, 6.07) is 9.29. The van der Waals surface area contributed by atoms with Gasteiger partial charge in [0.25, 0.3) is 0 Å². The lowest BCUT2D eigenvalue weighted by molar-refractivity contribution is 0.368. The van der Waals surface area contributed by atoms with Crippen LogP contribution in [0, 0.1) is 0 Å². The van der Waals surface area contributed by atoms with E-state index in [0.29, 0.717) is 6.04 Å². The molecule has 0 amide bonds. The fourth-order valence-electron chi connectivity index (χ4n) is 2.76. The van der Waals surface area contributed by atoms with Gasteiger partial charge in [0.2, 0.25) is 0 Å². The minimum atomic E-state index is 0.247. The molecule has 3 heteroatoms. The summed E-state index contributed by atoms with van der Waals surface area (Å²) in [6.45, 7) is 4.35. The standard InChI is InChI=1S/C16H21N3/c1-3-12-4-6-13(7-5-12)15-10-19-11(2)14(17)8-9-16(19)18-15/h4-7,10-11,14H,3,8-9,17H2,1-2H3. The fraction of sp³-hybridized carbons (Fsp3) is 0.438. The molecule has 2 unspecified atom stereocenters. The van der Waals surface area contributed by atoms with Gasteiger partial charge < -0.3 is 10.3 Å². The molecule has 3 nitrogen and oxygen atoms in total. The van der Waals surface area contributed by atoms with E-state index in [0.717, 1.165) is 25.0 Å². The number of fused-ring (bicyclic) bond motifs is 1. The van der Waals surface area contributed by atoms with Crippen LogP contribution in [-0.2, 0) is 12.8 Å². The smallest absolute Gasteiger partial charge is 0.109 e. The molecule has 1 aliphatic rings. The number of aromatic nitrogens is 2. The maximum absolute atomic E-state index is 6.13. The highest BCUT2D eigenvalue weighted by Gasteiger charge is 2.24. The molecule has 0 spiro atoms. The molecule has 19 heavy (non-hydrogen) atoms. The van der Waals surface area contributed by atoms with E-state index in [1.807, 2.05) is 0 Å². The van der Waals surface area contributed by atoms with E-state index in [9.17, 15) is 0 Å². The summed E-state index contributed by atoms with van der Waals surface area (Å²) < 4.78 is 2.25. The molecular formula is C16H21N3. The number of rotatable bonds is 2. The Hall–Kier alpha value is -1.61. The summed E-state index contributed by atoms with van der Waals surface area (Å²) in [6.07, 6.45) is 5.25. The minimum Gasteiger partial charge on any atom is -0.330 e. The van der Waals surface area contributed by atoms with Crippen LogP contribution < -0.4 is 5.73 Å². The van der Waals surface area contributed by atoms with Crippen LogP contribution in [0.4, 0.5) is 0 Å². The summed E-state index contributed by atoms with van der Waals surface area (Å²) in [7, 11) is 0. The molecule has 0 aliphatic carbocycles. The highest BCUT2D eigenvalue weighted by molar-refractivity contribution is 5.59. The lowest BCUT2D eigenvalue weighted by atomic mass is 10.0. The van der Waals surface area contributed by atoms with Gasteiger partial charge in [-0.2, -0.15) is 0 Å². The van der Waals surface area contributed by atoms with Crippen LogP contribution in [0.25, 0.3) is 11.3 Å². The van der Waals surface area contributed by atoms with Crippen LogP contribution in [0.3, 0.4) is 0 Å². The van der Waals surface area contributed by atoms with E-state index in [2.05, 4.69) is 48.9 Å². The van der Waals surface area contributed by atoms with Gasteiger partial charge in [0.15, 0.2) is 0 Å². The van der Waals surface area contributed by atoms with Gasteiger partial charge >= 0.3 is 0 Å². The molecule has 2 heterocycles. The van der Waals surface area contributed by atoms with Crippen molar-refractivity contribution in [3.05, 3.63) is 41.9 Å². The van der Waals surface area contributed by atoms with E-state index in [1.165, 1.54) is 17.0 Å². The van der Waals surface area contributed by atoms with Gasteiger partial charge in [0, 0.05) is 30.3 Å². The zero-order valence-corrected chi connectivity index (χ0v) is 11.6. The van der Waals surface area contributed by atoms with Crippen LogP contribution in [0.5, 0.6) is 0 Å². The highest BCUT2D eigenvalue weighted by atomic mass is 15.1. The van der Waals surface area contributed by atoms with Crippen molar-refractivity contribution in [1.29, 1.82) is 0 Å². The van der Waals surface area contributed by atoms with E-state index in [4.69, 9.17) is 10.7 Å². The van der Waals surface area contributed by atoms with Gasteiger partial charge in [-0.25, -0.2) is 4.98 Å². The van der Waals surface area contributed by atoms with E-state index in [-0.39, 0.29) is 6.04 Å². The molecule has 2 atom stereocenters. The normalized spacial score (nSPS) is 22.3. The van der Waals surface area contributed by atoms with Crippen molar-refractivity contribution in [2.75, 3.05) is 0 Å². The third kappa shape index (κ3) is 2.19. The van der Waals surface area contributed by atoms with Gasteiger partial charge in [-0.1, -0.05) is 31.2 Å². The molecule has 2 N–H and O–H groups in total. The van der Waals surface area contributed by atoms with Crippen molar-refractivity contribution in [2.24, 2.45) is 5.73 Å². The number of hydrogen-bond acceptors (Lipinski definition) is 2.